The first-order chi connectivity index (χ1) is 18.4. The van der Waals surface area contributed by atoms with Crippen LogP contribution in [0.5, 0.6) is 5.75 Å². The van der Waals surface area contributed by atoms with E-state index >= 15 is 0 Å². The van der Waals surface area contributed by atoms with Crippen molar-refractivity contribution in [3.8, 4) is 5.75 Å². The number of benzene rings is 1. The predicted molar refractivity (Wildman–Crippen MR) is 152 cm³/mol. The fraction of sp³-hybridized carbons (Fsp3) is 0.750. The summed E-state index contributed by atoms with van der Waals surface area (Å²) in [6.07, 6.45) is 6.20. The zero-order valence-electron chi connectivity index (χ0n) is 24.6. The number of amides is 2. The molecule has 1 saturated heterocycles. The molecule has 0 aromatic heterocycles. The van der Waals surface area contributed by atoms with Crippen LogP contribution in [0.15, 0.2) is 18.2 Å². The molecule has 7 nitrogen and oxygen atoms in total. The number of aromatic hydroxyl groups is 1. The van der Waals surface area contributed by atoms with Gasteiger partial charge in [0.15, 0.2) is 0 Å². The average molecular weight is 540 g/mol. The second kappa shape index (κ2) is 10.7. The summed E-state index contributed by atoms with van der Waals surface area (Å²) in [5.41, 5.74) is 1.92. The van der Waals surface area contributed by atoms with Gasteiger partial charge >= 0.3 is 0 Å². The standard InChI is InChI=1S/C32H49N3O4/c1-20(2)28(33-29(37)21(3)4)30(38)35-16-14-34(15-17-35)19-32(39)13-11-27-26-8-6-22-18-23(36)7-9-24(22)25(26)10-12-31(27,32)5/h7,9,18,20-21,25-28,36,39H,6,8,10-17,19H2,1-5H3,(H,33,37)/t25-,26-,27+,28+,31+,32-/m1/s1. The van der Waals surface area contributed by atoms with Gasteiger partial charge in [-0.3, -0.25) is 14.5 Å². The van der Waals surface area contributed by atoms with E-state index in [1.54, 1.807) is 0 Å². The average Bonchev–Trinajstić information content (AvgIpc) is 3.16. The number of phenols is 1. The molecule has 0 spiro atoms. The summed E-state index contributed by atoms with van der Waals surface area (Å²) >= 11 is 0. The quantitative estimate of drug-likeness (QED) is 0.510. The minimum Gasteiger partial charge on any atom is -0.508 e. The van der Waals surface area contributed by atoms with Crippen molar-refractivity contribution in [3.05, 3.63) is 29.3 Å². The van der Waals surface area contributed by atoms with E-state index in [0.29, 0.717) is 43.1 Å². The van der Waals surface area contributed by atoms with Crippen molar-refractivity contribution in [3.63, 3.8) is 0 Å². The minimum atomic E-state index is -0.713. The van der Waals surface area contributed by atoms with Crippen molar-refractivity contribution in [2.24, 2.45) is 29.1 Å². The molecule has 2 amide bonds. The third kappa shape index (κ3) is 5.10. The van der Waals surface area contributed by atoms with E-state index in [-0.39, 0.29) is 29.1 Å². The Morgan fingerprint density at radius 3 is 2.44 bits per heavy atom. The maximum absolute atomic E-state index is 13.3. The van der Waals surface area contributed by atoms with Gasteiger partial charge in [0.25, 0.3) is 0 Å². The fourth-order valence-corrected chi connectivity index (χ4v) is 8.47. The van der Waals surface area contributed by atoms with Gasteiger partial charge < -0.3 is 20.4 Å². The highest BCUT2D eigenvalue weighted by molar-refractivity contribution is 5.88. The van der Waals surface area contributed by atoms with Crippen molar-refractivity contribution >= 4 is 11.8 Å². The van der Waals surface area contributed by atoms with Crippen LogP contribution < -0.4 is 5.32 Å². The van der Waals surface area contributed by atoms with E-state index < -0.39 is 11.6 Å². The Morgan fingerprint density at radius 2 is 1.77 bits per heavy atom. The molecule has 3 N–H and O–H groups in total. The number of fused-ring (bicyclic) bond motifs is 5. The molecule has 0 bridgehead atoms. The van der Waals surface area contributed by atoms with Crippen LogP contribution in [0.4, 0.5) is 0 Å². The van der Waals surface area contributed by atoms with Gasteiger partial charge in [0.2, 0.25) is 11.8 Å². The highest BCUT2D eigenvalue weighted by atomic mass is 16.3. The SMILES string of the molecule is CC(C)C(=O)N[C@H](C(=O)N1CCN(C[C@]2(O)CC[C@H]3[C@@H]4CCc5cc(O)ccc5[C@H]4CC[C@@]32C)CC1)C(C)C. The minimum absolute atomic E-state index is 0.00877. The van der Waals surface area contributed by atoms with Crippen LogP contribution in [-0.4, -0.2) is 76.2 Å². The summed E-state index contributed by atoms with van der Waals surface area (Å²) in [5.74, 6) is 1.82. The molecular formula is C32H49N3O4. The number of hydrogen-bond donors (Lipinski definition) is 3. The number of aliphatic hydroxyl groups is 1. The molecule has 5 rings (SSSR count). The van der Waals surface area contributed by atoms with Gasteiger partial charge in [-0.05, 0) is 85.5 Å². The van der Waals surface area contributed by atoms with Crippen LogP contribution in [-0.2, 0) is 16.0 Å². The molecule has 7 heteroatoms. The second-order valence-electron chi connectivity index (χ2n) is 13.8. The van der Waals surface area contributed by atoms with E-state index in [9.17, 15) is 19.8 Å². The highest BCUT2D eigenvalue weighted by Gasteiger charge is 2.61. The molecule has 4 aliphatic rings. The Labute approximate surface area is 234 Å². The van der Waals surface area contributed by atoms with Crippen LogP contribution >= 0.6 is 0 Å². The molecule has 1 aromatic rings. The van der Waals surface area contributed by atoms with Crippen molar-refractivity contribution < 1.29 is 19.8 Å². The van der Waals surface area contributed by atoms with Crippen molar-refractivity contribution in [2.75, 3.05) is 32.7 Å². The zero-order valence-corrected chi connectivity index (χ0v) is 24.6. The van der Waals surface area contributed by atoms with Gasteiger partial charge in [0, 0.05) is 44.1 Å². The summed E-state index contributed by atoms with van der Waals surface area (Å²) < 4.78 is 0. The van der Waals surface area contributed by atoms with Crippen molar-refractivity contribution in [1.82, 2.24) is 15.1 Å². The van der Waals surface area contributed by atoms with Gasteiger partial charge in [0.1, 0.15) is 11.8 Å². The van der Waals surface area contributed by atoms with Gasteiger partial charge in [-0.2, -0.15) is 0 Å². The number of carbonyl (C=O) groups is 2. The first-order valence-electron chi connectivity index (χ1n) is 15.3. The Morgan fingerprint density at radius 1 is 1.05 bits per heavy atom. The number of carbonyl (C=O) groups excluding carboxylic acids is 2. The number of β-amino-alcohol motifs (C(OH)–C–C–N with tert-alkyl or cyclic N) is 1. The third-order valence-corrected chi connectivity index (χ3v) is 11.0. The molecule has 3 fully saturated rings. The summed E-state index contributed by atoms with van der Waals surface area (Å²) in [6.45, 7) is 13.4. The first-order valence-corrected chi connectivity index (χ1v) is 15.3. The number of piperazine rings is 1. The van der Waals surface area contributed by atoms with Crippen LogP contribution in [0.25, 0.3) is 0 Å². The van der Waals surface area contributed by atoms with Gasteiger partial charge in [-0.1, -0.05) is 40.7 Å². The largest absolute Gasteiger partial charge is 0.508 e. The Hall–Kier alpha value is -2.12. The monoisotopic (exact) mass is 539 g/mol. The maximum Gasteiger partial charge on any atom is 0.245 e. The molecule has 0 radical (unpaired) electrons. The Balaban J connectivity index is 1.21. The molecular weight excluding hydrogens is 490 g/mol. The fourth-order valence-electron chi connectivity index (χ4n) is 8.47. The lowest BCUT2D eigenvalue weighted by molar-refractivity contribution is -0.142. The van der Waals surface area contributed by atoms with Crippen molar-refractivity contribution in [2.45, 2.75) is 90.7 Å². The predicted octanol–water partition coefficient (Wildman–Crippen LogP) is 3.92. The van der Waals surface area contributed by atoms with Gasteiger partial charge in [-0.15, -0.1) is 0 Å². The number of nitrogens with zero attached hydrogens (tertiary/aromatic N) is 2. The number of aryl methyl sites for hydroxylation is 1. The molecule has 216 valence electrons. The summed E-state index contributed by atoms with van der Waals surface area (Å²) in [4.78, 5) is 29.9. The normalized spacial score (nSPS) is 33.4. The first kappa shape index (κ1) is 28.4. The van der Waals surface area contributed by atoms with E-state index in [2.05, 4.69) is 23.2 Å². The highest BCUT2D eigenvalue weighted by Crippen LogP contribution is 2.64. The molecule has 2 saturated carbocycles. The van der Waals surface area contributed by atoms with E-state index in [0.717, 1.165) is 51.6 Å². The Bertz CT molecular complexity index is 1080. The lowest BCUT2D eigenvalue weighted by Crippen LogP contribution is -2.60. The third-order valence-electron chi connectivity index (χ3n) is 11.0. The smallest absolute Gasteiger partial charge is 0.245 e. The van der Waals surface area contributed by atoms with Crippen LogP contribution in [0.1, 0.15) is 83.8 Å². The summed E-state index contributed by atoms with van der Waals surface area (Å²) in [7, 11) is 0. The van der Waals surface area contributed by atoms with Crippen LogP contribution in [0.2, 0.25) is 0 Å². The van der Waals surface area contributed by atoms with E-state index in [1.165, 1.54) is 11.1 Å². The molecule has 1 aromatic carbocycles. The van der Waals surface area contributed by atoms with Gasteiger partial charge in [-0.25, -0.2) is 0 Å². The second-order valence-corrected chi connectivity index (χ2v) is 13.8. The summed E-state index contributed by atoms with van der Waals surface area (Å²) in [5, 5.41) is 25.1. The zero-order chi connectivity index (χ0) is 28.1. The van der Waals surface area contributed by atoms with Crippen molar-refractivity contribution in [1.29, 1.82) is 0 Å². The topological polar surface area (TPSA) is 93.1 Å². The molecule has 1 heterocycles. The molecule has 39 heavy (non-hydrogen) atoms. The molecule has 6 atom stereocenters. The number of nitrogens with one attached hydrogen (secondary N) is 1. The van der Waals surface area contributed by atoms with Crippen LogP contribution in [0.3, 0.4) is 0 Å². The number of phenolic OH excluding ortho intramolecular Hbond substituents is 1. The maximum atomic E-state index is 13.3. The van der Waals surface area contributed by atoms with E-state index in [4.69, 9.17) is 0 Å². The molecule has 3 aliphatic carbocycles. The number of hydrogen-bond acceptors (Lipinski definition) is 5. The summed E-state index contributed by atoms with van der Waals surface area (Å²) in [6, 6.07) is 5.44. The lowest BCUT2D eigenvalue weighted by atomic mass is 9.53. The van der Waals surface area contributed by atoms with Gasteiger partial charge in [0.05, 0.1) is 5.60 Å². The molecule has 0 unspecified atom stereocenters. The molecule has 1 aliphatic heterocycles. The van der Waals surface area contributed by atoms with Crippen LogP contribution in [0, 0.1) is 29.1 Å². The van der Waals surface area contributed by atoms with E-state index in [1.807, 2.05) is 44.7 Å². The Kier molecular flexibility index (Phi) is 7.79. The lowest BCUT2D eigenvalue weighted by Gasteiger charge is -2.54. The number of rotatable bonds is 6.